The van der Waals surface area contributed by atoms with Crippen LogP contribution in [0.2, 0.25) is 10.0 Å². The molecule has 2 N–H and O–H groups in total. The Hall–Kier alpha value is -1.89. The maximum atomic E-state index is 10.7. The largest absolute Gasteiger partial charge is 0.332 e. The van der Waals surface area contributed by atoms with E-state index in [1.807, 2.05) is 0 Å². The van der Waals surface area contributed by atoms with E-state index in [1.54, 1.807) is 31.2 Å². The Labute approximate surface area is 142 Å². The van der Waals surface area contributed by atoms with E-state index in [4.69, 9.17) is 35.4 Å². The normalized spacial score (nSPS) is 10.1. The number of halogens is 2. The van der Waals surface area contributed by atoms with Crippen LogP contribution in [0.1, 0.15) is 5.56 Å². The maximum absolute atomic E-state index is 10.7. The fourth-order valence-electron chi connectivity index (χ4n) is 1.76. The van der Waals surface area contributed by atoms with Gasteiger partial charge < -0.3 is 10.6 Å². The molecule has 0 fully saturated rings. The topological polar surface area (TPSA) is 67.2 Å². The summed E-state index contributed by atoms with van der Waals surface area (Å²) in [5.41, 5.74) is 2.12. The molecular weight excluding hydrogens is 345 g/mol. The van der Waals surface area contributed by atoms with Gasteiger partial charge in [-0.1, -0.05) is 23.2 Å². The van der Waals surface area contributed by atoms with Crippen molar-refractivity contribution < 1.29 is 4.92 Å². The summed E-state index contributed by atoms with van der Waals surface area (Å²) in [4.78, 5) is 10.3. The molecule has 0 unspecified atom stereocenters. The van der Waals surface area contributed by atoms with Crippen molar-refractivity contribution in [2.75, 3.05) is 10.6 Å². The van der Waals surface area contributed by atoms with Crippen molar-refractivity contribution >= 4 is 57.6 Å². The molecule has 0 amide bonds. The molecule has 0 bridgehead atoms. The third-order valence-corrected chi connectivity index (χ3v) is 3.79. The number of nitro benzene ring substituents is 1. The van der Waals surface area contributed by atoms with Crippen LogP contribution in [0.15, 0.2) is 36.4 Å². The van der Waals surface area contributed by atoms with Crippen molar-refractivity contribution in [3.8, 4) is 0 Å². The predicted octanol–water partition coefficient (Wildman–Crippen LogP) is 5.02. The Morgan fingerprint density at radius 3 is 2.45 bits per heavy atom. The molecule has 0 saturated heterocycles. The summed E-state index contributed by atoms with van der Waals surface area (Å²) in [6, 6.07) is 9.55. The van der Waals surface area contributed by atoms with Crippen molar-refractivity contribution in [1.82, 2.24) is 0 Å². The summed E-state index contributed by atoms with van der Waals surface area (Å²) in [5, 5.41) is 17.9. The summed E-state index contributed by atoms with van der Waals surface area (Å²) in [5.74, 6) is 0. The van der Waals surface area contributed by atoms with Crippen LogP contribution in [0.3, 0.4) is 0 Å². The molecule has 22 heavy (non-hydrogen) atoms. The number of hydrogen-bond donors (Lipinski definition) is 2. The number of nitro groups is 1. The minimum absolute atomic E-state index is 0.0337. The SMILES string of the molecule is Cc1cc([N+](=O)[O-])ccc1NC(=S)Nc1ccc(Cl)c(Cl)c1. The lowest BCUT2D eigenvalue weighted by molar-refractivity contribution is -0.384. The molecule has 0 atom stereocenters. The number of benzene rings is 2. The van der Waals surface area contributed by atoms with Gasteiger partial charge in [-0.3, -0.25) is 10.1 Å². The predicted molar refractivity (Wildman–Crippen MR) is 94.1 cm³/mol. The van der Waals surface area contributed by atoms with Gasteiger partial charge in [-0.2, -0.15) is 0 Å². The van der Waals surface area contributed by atoms with E-state index < -0.39 is 4.92 Å². The van der Waals surface area contributed by atoms with E-state index in [-0.39, 0.29) is 5.69 Å². The van der Waals surface area contributed by atoms with Crippen LogP contribution < -0.4 is 10.6 Å². The fourth-order valence-corrected chi connectivity index (χ4v) is 2.29. The van der Waals surface area contributed by atoms with Gasteiger partial charge in [0.1, 0.15) is 0 Å². The van der Waals surface area contributed by atoms with Crippen LogP contribution in [0, 0.1) is 17.0 Å². The highest BCUT2D eigenvalue weighted by atomic mass is 35.5. The second kappa shape index (κ2) is 6.91. The van der Waals surface area contributed by atoms with Gasteiger partial charge in [0, 0.05) is 23.5 Å². The Bertz CT molecular complexity index is 753. The van der Waals surface area contributed by atoms with Gasteiger partial charge in [0.05, 0.1) is 15.0 Å². The van der Waals surface area contributed by atoms with E-state index in [1.165, 1.54) is 12.1 Å². The van der Waals surface area contributed by atoms with Crippen molar-refractivity contribution in [2.24, 2.45) is 0 Å². The van der Waals surface area contributed by atoms with Crippen molar-refractivity contribution in [3.63, 3.8) is 0 Å². The molecular formula is C14H11Cl2N3O2S. The van der Waals surface area contributed by atoms with Gasteiger partial charge in [0.15, 0.2) is 5.11 Å². The first-order chi connectivity index (χ1) is 10.4. The van der Waals surface area contributed by atoms with Crippen molar-refractivity contribution in [1.29, 1.82) is 0 Å². The first kappa shape index (κ1) is 16.5. The molecule has 8 heteroatoms. The highest BCUT2D eigenvalue weighted by Gasteiger charge is 2.09. The molecule has 0 aliphatic carbocycles. The molecule has 0 spiro atoms. The minimum Gasteiger partial charge on any atom is -0.332 e. The maximum Gasteiger partial charge on any atom is 0.269 e. The van der Waals surface area contributed by atoms with Crippen LogP contribution >= 0.6 is 35.4 Å². The van der Waals surface area contributed by atoms with Crippen molar-refractivity contribution in [3.05, 3.63) is 62.1 Å². The van der Waals surface area contributed by atoms with Gasteiger partial charge in [-0.05, 0) is 49.0 Å². The van der Waals surface area contributed by atoms with Gasteiger partial charge in [0.25, 0.3) is 5.69 Å². The smallest absolute Gasteiger partial charge is 0.269 e. The third-order valence-electron chi connectivity index (χ3n) is 2.85. The lowest BCUT2D eigenvalue weighted by atomic mass is 10.2. The van der Waals surface area contributed by atoms with E-state index in [0.29, 0.717) is 32.1 Å². The van der Waals surface area contributed by atoms with Crippen LogP contribution in [0.5, 0.6) is 0 Å². The van der Waals surface area contributed by atoms with Crippen molar-refractivity contribution in [2.45, 2.75) is 6.92 Å². The minimum atomic E-state index is -0.441. The number of rotatable bonds is 3. The molecule has 0 saturated carbocycles. The number of non-ortho nitro benzene ring substituents is 1. The summed E-state index contributed by atoms with van der Waals surface area (Å²) in [7, 11) is 0. The van der Waals surface area contributed by atoms with Gasteiger partial charge in [0.2, 0.25) is 0 Å². The summed E-state index contributed by atoms with van der Waals surface area (Å²) < 4.78 is 0. The van der Waals surface area contributed by atoms with E-state index in [0.717, 1.165) is 0 Å². The van der Waals surface area contributed by atoms with Crippen LogP contribution in [-0.4, -0.2) is 10.0 Å². The zero-order valence-corrected chi connectivity index (χ0v) is 13.7. The third kappa shape index (κ3) is 4.07. The number of nitrogens with zero attached hydrogens (tertiary/aromatic N) is 1. The summed E-state index contributed by atoms with van der Waals surface area (Å²) >= 11 is 17.0. The van der Waals surface area contributed by atoms with Crippen LogP contribution in [0.25, 0.3) is 0 Å². The van der Waals surface area contributed by atoms with Gasteiger partial charge in [-0.25, -0.2) is 0 Å². The quantitative estimate of drug-likeness (QED) is 0.459. The van der Waals surface area contributed by atoms with Crippen LogP contribution in [-0.2, 0) is 0 Å². The average molecular weight is 356 g/mol. The Morgan fingerprint density at radius 2 is 1.86 bits per heavy atom. The lowest BCUT2D eigenvalue weighted by Gasteiger charge is -2.12. The average Bonchev–Trinajstić information content (AvgIpc) is 2.45. The molecule has 2 aromatic rings. The zero-order valence-electron chi connectivity index (χ0n) is 11.4. The highest BCUT2D eigenvalue weighted by molar-refractivity contribution is 7.80. The molecule has 0 aliphatic heterocycles. The first-order valence-corrected chi connectivity index (χ1v) is 7.31. The second-order valence-corrected chi connectivity index (χ2v) is 5.69. The van der Waals surface area contributed by atoms with E-state index in [2.05, 4.69) is 10.6 Å². The van der Waals surface area contributed by atoms with E-state index in [9.17, 15) is 10.1 Å². The Kier molecular flexibility index (Phi) is 5.18. The molecule has 0 heterocycles. The summed E-state index contributed by atoms with van der Waals surface area (Å²) in [6.07, 6.45) is 0. The molecule has 2 rings (SSSR count). The standard InChI is InChI=1S/C14H11Cl2N3O2S/c1-8-6-10(19(20)21)3-5-13(8)18-14(22)17-9-2-4-11(15)12(16)7-9/h2-7H,1H3,(H2,17,18,22). The molecule has 0 aliphatic rings. The first-order valence-electron chi connectivity index (χ1n) is 6.15. The van der Waals surface area contributed by atoms with Crippen LogP contribution in [0.4, 0.5) is 17.1 Å². The van der Waals surface area contributed by atoms with Gasteiger partial charge in [-0.15, -0.1) is 0 Å². The number of thiocarbonyl (C=S) groups is 1. The number of aryl methyl sites for hydroxylation is 1. The Balaban J connectivity index is 2.08. The molecule has 0 radical (unpaired) electrons. The zero-order chi connectivity index (χ0) is 16.3. The molecule has 114 valence electrons. The fraction of sp³-hybridized carbons (Fsp3) is 0.0714. The number of nitrogens with one attached hydrogen (secondary N) is 2. The van der Waals surface area contributed by atoms with Gasteiger partial charge >= 0.3 is 0 Å². The monoisotopic (exact) mass is 355 g/mol. The Morgan fingerprint density at radius 1 is 1.14 bits per heavy atom. The molecule has 5 nitrogen and oxygen atoms in total. The lowest BCUT2D eigenvalue weighted by Crippen LogP contribution is -2.19. The van der Waals surface area contributed by atoms with E-state index >= 15 is 0 Å². The molecule has 2 aromatic carbocycles. The number of hydrogen-bond acceptors (Lipinski definition) is 3. The highest BCUT2D eigenvalue weighted by Crippen LogP contribution is 2.25. The summed E-state index contributed by atoms with van der Waals surface area (Å²) in [6.45, 7) is 1.76. The number of anilines is 2. The molecule has 0 aromatic heterocycles. The second-order valence-electron chi connectivity index (χ2n) is 4.46.